The van der Waals surface area contributed by atoms with Crippen LogP contribution in [0.2, 0.25) is 0 Å². The molecule has 0 spiro atoms. The Morgan fingerprint density at radius 3 is 2.61 bits per heavy atom. The van der Waals surface area contributed by atoms with Gasteiger partial charge in [0.05, 0.1) is 0 Å². The first-order valence-corrected chi connectivity index (χ1v) is 7.26. The average Bonchev–Trinajstić information content (AvgIpc) is 3.21. The third-order valence-electron chi connectivity index (χ3n) is 3.36. The van der Waals surface area contributed by atoms with Crippen molar-refractivity contribution in [1.29, 1.82) is 0 Å². The number of nitrogens with one attached hydrogen (secondary N) is 1. The van der Waals surface area contributed by atoms with Gasteiger partial charge in [0.15, 0.2) is 0 Å². The zero-order chi connectivity index (χ0) is 12.8. The van der Waals surface area contributed by atoms with Gasteiger partial charge in [0.1, 0.15) is 0 Å². The van der Waals surface area contributed by atoms with Crippen molar-refractivity contribution in [3.8, 4) is 0 Å². The number of hydrogen-bond acceptors (Lipinski definition) is 3. The molecule has 0 unspecified atom stereocenters. The van der Waals surface area contributed by atoms with Gasteiger partial charge in [-0.05, 0) is 31.7 Å². The largest absolute Gasteiger partial charge is 0.371 e. The van der Waals surface area contributed by atoms with Crippen LogP contribution in [0.25, 0.3) is 0 Å². The summed E-state index contributed by atoms with van der Waals surface area (Å²) in [5.41, 5.74) is 2.70. The molecule has 0 saturated heterocycles. The first-order chi connectivity index (χ1) is 8.85. The van der Waals surface area contributed by atoms with Crippen LogP contribution in [0.3, 0.4) is 0 Å². The van der Waals surface area contributed by atoms with Gasteiger partial charge in [-0.25, -0.2) is 0 Å². The van der Waals surface area contributed by atoms with Crippen molar-refractivity contribution in [1.82, 2.24) is 10.3 Å². The highest BCUT2D eigenvalue weighted by molar-refractivity contribution is 5.52. The molecule has 0 radical (unpaired) electrons. The molecule has 18 heavy (non-hydrogen) atoms. The maximum absolute atomic E-state index is 4.28. The zero-order valence-corrected chi connectivity index (χ0v) is 11.7. The summed E-state index contributed by atoms with van der Waals surface area (Å²) in [4.78, 5) is 6.77. The molecule has 1 saturated carbocycles. The molecule has 1 aromatic heterocycles. The van der Waals surface area contributed by atoms with E-state index in [2.05, 4.69) is 35.1 Å². The van der Waals surface area contributed by atoms with Crippen LogP contribution in [0.4, 0.5) is 5.69 Å². The summed E-state index contributed by atoms with van der Waals surface area (Å²) in [6.07, 6.45) is 8.99. The molecule has 3 nitrogen and oxygen atoms in total. The van der Waals surface area contributed by atoms with E-state index in [4.69, 9.17) is 0 Å². The van der Waals surface area contributed by atoms with E-state index in [1.54, 1.807) is 0 Å². The van der Waals surface area contributed by atoms with E-state index in [1.165, 1.54) is 36.9 Å². The number of rotatable bonds is 8. The Hall–Kier alpha value is -1.09. The molecule has 3 heteroatoms. The predicted molar refractivity (Wildman–Crippen MR) is 76.9 cm³/mol. The Balaban J connectivity index is 2.06. The van der Waals surface area contributed by atoms with E-state index in [0.29, 0.717) is 0 Å². The van der Waals surface area contributed by atoms with Crippen LogP contribution in [-0.4, -0.2) is 24.1 Å². The molecule has 100 valence electrons. The maximum Gasteiger partial charge on any atom is 0.0442 e. The van der Waals surface area contributed by atoms with E-state index >= 15 is 0 Å². The van der Waals surface area contributed by atoms with Crippen molar-refractivity contribution in [2.45, 2.75) is 52.1 Å². The standard InChI is InChI=1S/C15H25N3/c1-3-9-18(10-4-2)15-7-8-16-11-13(15)12-17-14-5-6-14/h7-8,11,14,17H,3-6,9-10,12H2,1-2H3. The Bertz CT molecular complexity index is 355. The molecule has 2 rings (SSSR count). The fraction of sp³-hybridized carbons (Fsp3) is 0.667. The molecule has 0 aliphatic heterocycles. The second-order valence-corrected chi connectivity index (χ2v) is 5.15. The highest BCUT2D eigenvalue weighted by Gasteiger charge is 2.21. The van der Waals surface area contributed by atoms with Crippen LogP contribution < -0.4 is 10.2 Å². The summed E-state index contributed by atoms with van der Waals surface area (Å²) in [7, 11) is 0. The molecule has 0 bridgehead atoms. The third-order valence-corrected chi connectivity index (χ3v) is 3.36. The van der Waals surface area contributed by atoms with Crippen LogP contribution >= 0.6 is 0 Å². The van der Waals surface area contributed by atoms with Crippen LogP contribution in [-0.2, 0) is 6.54 Å². The van der Waals surface area contributed by atoms with Crippen LogP contribution in [0.1, 0.15) is 45.1 Å². The summed E-state index contributed by atoms with van der Waals surface area (Å²) < 4.78 is 0. The number of hydrogen-bond donors (Lipinski definition) is 1. The SMILES string of the molecule is CCCN(CCC)c1ccncc1CNC1CC1. The fourth-order valence-corrected chi connectivity index (χ4v) is 2.30. The molecule has 0 aromatic carbocycles. The van der Waals surface area contributed by atoms with Crippen molar-refractivity contribution in [3.63, 3.8) is 0 Å². The van der Waals surface area contributed by atoms with E-state index in [-0.39, 0.29) is 0 Å². The van der Waals surface area contributed by atoms with E-state index in [9.17, 15) is 0 Å². The van der Waals surface area contributed by atoms with Gasteiger partial charge in [0, 0.05) is 49.3 Å². The number of pyridine rings is 1. The Kier molecular flexibility index (Phi) is 5.00. The number of nitrogens with zero attached hydrogens (tertiary/aromatic N) is 2. The highest BCUT2D eigenvalue weighted by atomic mass is 15.1. The molecule has 0 amide bonds. The van der Waals surface area contributed by atoms with Gasteiger partial charge in [-0.3, -0.25) is 4.98 Å². The van der Waals surface area contributed by atoms with Crippen molar-refractivity contribution >= 4 is 5.69 Å². The Morgan fingerprint density at radius 2 is 2.00 bits per heavy atom. The lowest BCUT2D eigenvalue weighted by Gasteiger charge is -2.26. The lowest BCUT2D eigenvalue weighted by molar-refractivity contribution is 0.676. The molecule has 0 atom stereocenters. The number of anilines is 1. The van der Waals surface area contributed by atoms with Crippen LogP contribution in [0, 0.1) is 0 Å². The van der Waals surface area contributed by atoms with Gasteiger partial charge in [-0.15, -0.1) is 0 Å². The van der Waals surface area contributed by atoms with E-state index in [1.807, 2.05) is 12.4 Å². The third kappa shape index (κ3) is 3.70. The Labute approximate surface area is 111 Å². The van der Waals surface area contributed by atoms with Crippen molar-refractivity contribution < 1.29 is 0 Å². The second kappa shape index (κ2) is 6.74. The second-order valence-electron chi connectivity index (χ2n) is 5.15. The first kappa shape index (κ1) is 13.3. The van der Waals surface area contributed by atoms with Gasteiger partial charge >= 0.3 is 0 Å². The minimum atomic E-state index is 0.754. The summed E-state index contributed by atoms with van der Waals surface area (Å²) in [5.74, 6) is 0. The van der Waals surface area contributed by atoms with Gasteiger partial charge in [-0.2, -0.15) is 0 Å². The van der Waals surface area contributed by atoms with Crippen molar-refractivity contribution in [3.05, 3.63) is 24.0 Å². The van der Waals surface area contributed by atoms with E-state index in [0.717, 1.165) is 25.7 Å². The molecule has 1 N–H and O–H groups in total. The van der Waals surface area contributed by atoms with Gasteiger partial charge in [-0.1, -0.05) is 13.8 Å². The maximum atomic E-state index is 4.28. The van der Waals surface area contributed by atoms with Crippen LogP contribution in [0.5, 0.6) is 0 Å². The molecule has 1 aliphatic rings. The van der Waals surface area contributed by atoms with Crippen molar-refractivity contribution in [2.24, 2.45) is 0 Å². The highest BCUT2D eigenvalue weighted by Crippen LogP contribution is 2.23. The summed E-state index contributed by atoms with van der Waals surface area (Å²) >= 11 is 0. The minimum absolute atomic E-state index is 0.754. The first-order valence-electron chi connectivity index (χ1n) is 7.26. The summed E-state index contributed by atoms with van der Waals surface area (Å²) in [6.45, 7) is 7.71. The monoisotopic (exact) mass is 247 g/mol. The lowest BCUT2D eigenvalue weighted by Crippen LogP contribution is -2.27. The molecule has 1 aromatic rings. The smallest absolute Gasteiger partial charge is 0.0442 e. The van der Waals surface area contributed by atoms with Gasteiger partial charge < -0.3 is 10.2 Å². The minimum Gasteiger partial charge on any atom is -0.371 e. The van der Waals surface area contributed by atoms with E-state index < -0.39 is 0 Å². The van der Waals surface area contributed by atoms with Gasteiger partial charge in [0.25, 0.3) is 0 Å². The van der Waals surface area contributed by atoms with Crippen molar-refractivity contribution in [2.75, 3.05) is 18.0 Å². The molecular formula is C15H25N3. The molecular weight excluding hydrogens is 222 g/mol. The quantitative estimate of drug-likeness (QED) is 0.765. The summed E-state index contributed by atoms with van der Waals surface area (Å²) in [5, 5.41) is 3.59. The predicted octanol–water partition coefficient (Wildman–Crippen LogP) is 2.96. The lowest BCUT2D eigenvalue weighted by atomic mass is 10.2. The van der Waals surface area contributed by atoms with Crippen LogP contribution in [0.15, 0.2) is 18.5 Å². The Morgan fingerprint density at radius 1 is 1.28 bits per heavy atom. The number of aromatic nitrogens is 1. The molecule has 1 heterocycles. The average molecular weight is 247 g/mol. The molecule has 1 aliphatic carbocycles. The van der Waals surface area contributed by atoms with Gasteiger partial charge in [0.2, 0.25) is 0 Å². The topological polar surface area (TPSA) is 28.2 Å². The molecule has 1 fully saturated rings. The zero-order valence-electron chi connectivity index (χ0n) is 11.7. The summed E-state index contributed by atoms with van der Waals surface area (Å²) in [6, 6.07) is 2.92. The normalized spacial score (nSPS) is 14.8. The fourth-order valence-electron chi connectivity index (χ4n) is 2.30.